The Morgan fingerprint density at radius 2 is 1.61 bits per heavy atom. The molecule has 2 aromatic rings. The first-order valence-corrected chi connectivity index (χ1v) is 9.91. The second-order valence-corrected chi connectivity index (χ2v) is 7.51. The van der Waals surface area contributed by atoms with E-state index in [4.69, 9.17) is 4.74 Å². The fourth-order valence-electron chi connectivity index (χ4n) is 2.94. The lowest BCUT2D eigenvalue weighted by Crippen LogP contribution is -2.46. The number of nitrogens with one attached hydrogen (secondary N) is 2. The van der Waals surface area contributed by atoms with Crippen LogP contribution in [0.1, 0.15) is 37.9 Å². The van der Waals surface area contributed by atoms with Crippen molar-refractivity contribution in [3.8, 4) is 0 Å². The van der Waals surface area contributed by atoms with Crippen LogP contribution in [0.3, 0.4) is 0 Å². The lowest BCUT2D eigenvalue weighted by atomic mass is 10.0. The highest BCUT2D eigenvalue weighted by Crippen LogP contribution is 2.17. The molecule has 0 unspecified atom stereocenters. The highest BCUT2D eigenvalue weighted by molar-refractivity contribution is 5.87. The van der Waals surface area contributed by atoms with E-state index in [1.165, 1.54) is 13.0 Å². The topological polar surface area (TPSA) is 84.5 Å². The van der Waals surface area contributed by atoms with Crippen LogP contribution < -0.4 is 10.6 Å². The molecule has 0 spiro atoms. The number of ether oxygens (including phenoxy) is 1. The van der Waals surface area contributed by atoms with Gasteiger partial charge in [-0.25, -0.2) is 13.6 Å². The Labute approximate surface area is 180 Å². The summed E-state index contributed by atoms with van der Waals surface area (Å²) in [5.41, 5.74) is 0.909. The second-order valence-electron chi connectivity index (χ2n) is 7.51. The van der Waals surface area contributed by atoms with Gasteiger partial charge in [0.2, 0.25) is 5.91 Å². The zero-order chi connectivity index (χ0) is 23.0. The molecule has 2 atom stereocenters. The summed E-state index contributed by atoms with van der Waals surface area (Å²) in [6.07, 6.45) is 0.110. The van der Waals surface area contributed by atoms with Gasteiger partial charge in [0.05, 0.1) is 12.5 Å². The summed E-state index contributed by atoms with van der Waals surface area (Å²) in [5.74, 6) is -3.50. The molecular weight excluding hydrogens is 406 g/mol. The molecule has 0 aliphatic carbocycles. The Bertz CT molecular complexity index is 919. The van der Waals surface area contributed by atoms with E-state index < -0.39 is 42.2 Å². The first-order chi connectivity index (χ1) is 14.7. The molecule has 6 nitrogen and oxygen atoms in total. The highest BCUT2D eigenvalue weighted by atomic mass is 19.1. The number of benzene rings is 2. The zero-order valence-electron chi connectivity index (χ0n) is 17.7. The summed E-state index contributed by atoms with van der Waals surface area (Å²) in [6.45, 7) is 4.42. The van der Waals surface area contributed by atoms with Crippen molar-refractivity contribution in [1.29, 1.82) is 0 Å². The standard InChI is InChI=1S/C23H26F2N2O4/c1-14(2)22(27-20(28)11-16-7-5-4-6-8-16)23(30)31-13-21(29)26-15(3)18-10-9-17(24)12-19(18)25/h4-10,12,14-15,22H,11,13H2,1-3H3,(H,26,29)(H,27,28)/t15-,22-/m1/s1. The van der Waals surface area contributed by atoms with E-state index in [1.54, 1.807) is 26.0 Å². The SMILES string of the molecule is CC(C)[C@@H](NC(=O)Cc1ccccc1)C(=O)OCC(=O)N[C@H](C)c1ccc(F)cc1F. The minimum absolute atomic E-state index is 0.106. The number of amides is 2. The Kier molecular flexibility index (Phi) is 8.66. The molecule has 8 heteroatoms. The lowest BCUT2D eigenvalue weighted by Gasteiger charge is -2.21. The van der Waals surface area contributed by atoms with Crippen LogP contribution in [0, 0.1) is 17.6 Å². The summed E-state index contributed by atoms with van der Waals surface area (Å²) in [5, 5.41) is 5.13. The number of hydrogen-bond donors (Lipinski definition) is 2. The fraction of sp³-hybridized carbons (Fsp3) is 0.348. The number of esters is 1. The lowest BCUT2D eigenvalue weighted by molar-refractivity contribution is -0.153. The zero-order valence-corrected chi connectivity index (χ0v) is 17.7. The van der Waals surface area contributed by atoms with Crippen LogP contribution in [-0.2, 0) is 25.5 Å². The maximum atomic E-state index is 13.8. The average molecular weight is 432 g/mol. The van der Waals surface area contributed by atoms with Gasteiger partial charge in [0.1, 0.15) is 17.7 Å². The monoisotopic (exact) mass is 432 g/mol. The smallest absolute Gasteiger partial charge is 0.329 e. The van der Waals surface area contributed by atoms with Crippen molar-refractivity contribution in [2.75, 3.05) is 6.61 Å². The van der Waals surface area contributed by atoms with Gasteiger partial charge in [0.15, 0.2) is 6.61 Å². The third-order valence-electron chi connectivity index (χ3n) is 4.60. The van der Waals surface area contributed by atoms with Crippen LogP contribution in [0.15, 0.2) is 48.5 Å². The Balaban J connectivity index is 1.87. The molecule has 0 heterocycles. The van der Waals surface area contributed by atoms with Gasteiger partial charge >= 0.3 is 5.97 Å². The van der Waals surface area contributed by atoms with Gasteiger partial charge in [0, 0.05) is 11.6 Å². The number of rotatable bonds is 9. The summed E-state index contributed by atoms with van der Waals surface area (Å²) in [4.78, 5) is 36.8. The van der Waals surface area contributed by atoms with Gasteiger partial charge in [-0.1, -0.05) is 50.2 Å². The molecule has 0 aromatic heterocycles. The fourth-order valence-corrected chi connectivity index (χ4v) is 2.94. The van der Waals surface area contributed by atoms with Crippen molar-refractivity contribution >= 4 is 17.8 Å². The van der Waals surface area contributed by atoms with Gasteiger partial charge in [-0.05, 0) is 24.5 Å². The summed E-state index contributed by atoms with van der Waals surface area (Å²) in [7, 11) is 0. The van der Waals surface area contributed by atoms with E-state index in [2.05, 4.69) is 10.6 Å². The predicted octanol–water partition coefficient (Wildman–Crippen LogP) is 3.07. The summed E-state index contributed by atoms with van der Waals surface area (Å²) in [6, 6.07) is 10.5. The van der Waals surface area contributed by atoms with Crippen LogP contribution in [0.2, 0.25) is 0 Å². The van der Waals surface area contributed by atoms with Crippen molar-refractivity contribution in [2.24, 2.45) is 5.92 Å². The molecule has 0 fully saturated rings. The van der Waals surface area contributed by atoms with Gasteiger partial charge < -0.3 is 15.4 Å². The molecule has 0 aliphatic rings. The van der Waals surface area contributed by atoms with Crippen molar-refractivity contribution in [3.05, 3.63) is 71.3 Å². The van der Waals surface area contributed by atoms with Gasteiger partial charge in [-0.15, -0.1) is 0 Å². The van der Waals surface area contributed by atoms with Crippen LogP contribution in [0.25, 0.3) is 0 Å². The quantitative estimate of drug-likeness (QED) is 0.597. The molecule has 0 bridgehead atoms. The van der Waals surface area contributed by atoms with E-state index >= 15 is 0 Å². The first kappa shape index (κ1) is 24.0. The van der Waals surface area contributed by atoms with E-state index in [0.717, 1.165) is 17.7 Å². The first-order valence-electron chi connectivity index (χ1n) is 9.91. The van der Waals surface area contributed by atoms with Crippen molar-refractivity contribution in [3.63, 3.8) is 0 Å². The van der Waals surface area contributed by atoms with Crippen molar-refractivity contribution < 1.29 is 27.9 Å². The molecule has 0 aliphatic heterocycles. The normalized spacial score (nSPS) is 12.7. The van der Waals surface area contributed by atoms with Crippen molar-refractivity contribution in [2.45, 2.75) is 39.3 Å². The third-order valence-corrected chi connectivity index (χ3v) is 4.60. The van der Waals surface area contributed by atoms with Crippen LogP contribution in [0.5, 0.6) is 0 Å². The molecule has 0 saturated carbocycles. The average Bonchev–Trinajstić information content (AvgIpc) is 2.70. The summed E-state index contributed by atoms with van der Waals surface area (Å²) < 4.78 is 31.9. The Morgan fingerprint density at radius 3 is 2.23 bits per heavy atom. The largest absolute Gasteiger partial charge is 0.454 e. The third kappa shape index (κ3) is 7.47. The number of halogens is 2. The molecule has 0 saturated heterocycles. The van der Waals surface area contributed by atoms with Crippen molar-refractivity contribution in [1.82, 2.24) is 10.6 Å². The maximum Gasteiger partial charge on any atom is 0.329 e. The van der Waals surface area contributed by atoms with Gasteiger partial charge in [-0.3, -0.25) is 9.59 Å². The second kappa shape index (κ2) is 11.2. The van der Waals surface area contributed by atoms with Crippen LogP contribution in [0.4, 0.5) is 8.78 Å². The van der Waals surface area contributed by atoms with Gasteiger partial charge in [-0.2, -0.15) is 0 Å². The minimum Gasteiger partial charge on any atom is -0.454 e. The molecule has 31 heavy (non-hydrogen) atoms. The predicted molar refractivity (Wildman–Crippen MR) is 111 cm³/mol. The minimum atomic E-state index is -0.920. The van der Waals surface area contributed by atoms with Crippen LogP contribution >= 0.6 is 0 Å². The van der Waals surface area contributed by atoms with E-state index in [9.17, 15) is 23.2 Å². The van der Waals surface area contributed by atoms with Crippen LogP contribution in [-0.4, -0.2) is 30.4 Å². The Morgan fingerprint density at radius 1 is 0.935 bits per heavy atom. The molecular formula is C23H26F2N2O4. The molecule has 166 valence electrons. The van der Waals surface area contributed by atoms with E-state index in [-0.39, 0.29) is 23.8 Å². The molecule has 2 rings (SSSR count). The number of carbonyl (C=O) groups excluding carboxylic acids is 3. The van der Waals surface area contributed by atoms with E-state index in [0.29, 0.717) is 0 Å². The molecule has 0 radical (unpaired) electrons. The summed E-state index contributed by atoms with van der Waals surface area (Å²) >= 11 is 0. The molecule has 2 N–H and O–H groups in total. The molecule has 2 amide bonds. The number of carbonyl (C=O) groups is 3. The molecule has 2 aromatic carbocycles. The number of hydrogen-bond acceptors (Lipinski definition) is 4. The maximum absolute atomic E-state index is 13.8. The highest BCUT2D eigenvalue weighted by Gasteiger charge is 2.26. The van der Waals surface area contributed by atoms with E-state index in [1.807, 2.05) is 18.2 Å². The van der Waals surface area contributed by atoms with Gasteiger partial charge in [0.25, 0.3) is 5.91 Å². The Hall–Kier alpha value is -3.29.